The van der Waals surface area contributed by atoms with Crippen LogP contribution in [0, 0.1) is 3.57 Å². The van der Waals surface area contributed by atoms with E-state index in [0.29, 0.717) is 44.7 Å². The topological polar surface area (TPSA) is 69.7 Å². The van der Waals surface area contributed by atoms with E-state index in [9.17, 15) is 13.2 Å². The SMILES string of the molecule is O=C(NCCCS(=O)(=O)N1CCN(c2ccccc2)CC1)c1ccccc1I. The maximum absolute atomic E-state index is 12.6. The molecule has 3 rings (SSSR count). The molecule has 1 aliphatic rings. The molecule has 1 heterocycles. The Bertz CT molecular complexity index is 898. The van der Waals surface area contributed by atoms with E-state index in [2.05, 4.69) is 32.8 Å². The monoisotopic (exact) mass is 513 g/mol. The fourth-order valence-corrected chi connectivity index (χ4v) is 5.31. The lowest BCUT2D eigenvalue weighted by Crippen LogP contribution is -2.49. The smallest absolute Gasteiger partial charge is 0.252 e. The molecule has 0 aromatic heterocycles. The van der Waals surface area contributed by atoms with Crippen LogP contribution in [0.25, 0.3) is 0 Å². The molecule has 28 heavy (non-hydrogen) atoms. The maximum atomic E-state index is 12.6. The normalized spacial score (nSPS) is 15.4. The van der Waals surface area contributed by atoms with Crippen LogP contribution in [-0.4, -0.2) is 57.1 Å². The lowest BCUT2D eigenvalue weighted by Gasteiger charge is -2.35. The second-order valence-corrected chi connectivity index (χ2v) is 9.88. The molecular formula is C20H24IN3O3S. The zero-order chi connectivity index (χ0) is 20.0. The van der Waals surface area contributed by atoms with E-state index in [4.69, 9.17) is 0 Å². The zero-order valence-electron chi connectivity index (χ0n) is 15.6. The van der Waals surface area contributed by atoms with Crippen LogP contribution >= 0.6 is 22.6 Å². The number of amides is 1. The van der Waals surface area contributed by atoms with Gasteiger partial charge in [0.1, 0.15) is 0 Å². The number of nitrogens with zero attached hydrogens (tertiary/aromatic N) is 2. The van der Waals surface area contributed by atoms with Crippen molar-refractivity contribution < 1.29 is 13.2 Å². The first kappa shape index (κ1) is 21.1. The molecule has 6 nitrogen and oxygen atoms in total. The first-order valence-corrected chi connectivity index (χ1v) is 12.0. The van der Waals surface area contributed by atoms with E-state index in [1.807, 2.05) is 48.5 Å². The standard InChI is InChI=1S/C20H24IN3O3S/c21-19-10-5-4-9-18(19)20(25)22-11-6-16-28(26,27)24-14-12-23(13-15-24)17-7-2-1-3-8-17/h1-5,7-10H,6,11-16H2,(H,22,25). The van der Waals surface area contributed by atoms with Crippen molar-refractivity contribution in [3.8, 4) is 0 Å². The Labute approximate surface area is 180 Å². The minimum atomic E-state index is -3.31. The lowest BCUT2D eigenvalue weighted by atomic mass is 10.2. The highest BCUT2D eigenvalue weighted by molar-refractivity contribution is 14.1. The second-order valence-electron chi connectivity index (χ2n) is 6.63. The van der Waals surface area contributed by atoms with Crippen LogP contribution in [0.1, 0.15) is 16.8 Å². The minimum Gasteiger partial charge on any atom is -0.369 e. The van der Waals surface area contributed by atoms with Gasteiger partial charge >= 0.3 is 0 Å². The van der Waals surface area contributed by atoms with E-state index in [-0.39, 0.29) is 11.7 Å². The molecule has 0 atom stereocenters. The molecule has 1 fully saturated rings. The molecule has 150 valence electrons. The van der Waals surface area contributed by atoms with Crippen LogP contribution in [0.15, 0.2) is 54.6 Å². The van der Waals surface area contributed by atoms with Crippen LogP contribution in [0.2, 0.25) is 0 Å². The Morgan fingerprint density at radius 1 is 0.964 bits per heavy atom. The molecule has 2 aromatic carbocycles. The van der Waals surface area contributed by atoms with Crippen molar-refractivity contribution in [3.05, 3.63) is 63.7 Å². The molecule has 0 bridgehead atoms. The summed E-state index contributed by atoms with van der Waals surface area (Å²) in [6.07, 6.45) is 0.399. The molecular weight excluding hydrogens is 489 g/mol. The van der Waals surface area contributed by atoms with Gasteiger partial charge < -0.3 is 10.2 Å². The molecule has 0 spiro atoms. The van der Waals surface area contributed by atoms with Gasteiger partial charge in [-0.25, -0.2) is 8.42 Å². The molecule has 0 radical (unpaired) electrons. The third-order valence-corrected chi connectivity index (χ3v) is 7.63. The fraction of sp³-hybridized carbons (Fsp3) is 0.350. The summed E-state index contributed by atoms with van der Waals surface area (Å²) in [5.74, 6) is -0.122. The number of sulfonamides is 1. The van der Waals surface area contributed by atoms with Crippen LogP contribution in [-0.2, 0) is 10.0 Å². The predicted molar refractivity (Wildman–Crippen MR) is 120 cm³/mol. The molecule has 1 saturated heterocycles. The quantitative estimate of drug-likeness (QED) is 0.457. The van der Waals surface area contributed by atoms with Crippen molar-refractivity contribution in [1.82, 2.24) is 9.62 Å². The Hall–Kier alpha value is -1.65. The molecule has 1 aliphatic heterocycles. The summed E-state index contributed by atoms with van der Waals surface area (Å²) in [7, 11) is -3.31. The summed E-state index contributed by atoms with van der Waals surface area (Å²) in [6.45, 7) is 2.70. The lowest BCUT2D eigenvalue weighted by molar-refractivity contribution is 0.0952. The molecule has 1 amide bonds. The number of carbonyl (C=O) groups is 1. The third-order valence-electron chi connectivity index (χ3n) is 4.74. The maximum Gasteiger partial charge on any atom is 0.252 e. The summed E-state index contributed by atoms with van der Waals surface area (Å²) in [4.78, 5) is 14.4. The largest absolute Gasteiger partial charge is 0.369 e. The fourth-order valence-electron chi connectivity index (χ4n) is 3.19. The number of anilines is 1. The highest BCUT2D eigenvalue weighted by Gasteiger charge is 2.26. The molecule has 1 N–H and O–H groups in total. The third kappa shape index (κ3) is 5.45. The van der Waals surface area contributed by atoms with Gasteiger partial charge in [-0.3, -0.25) is 4.79 Å². The van der Waals surface area contributed by atoms with Gasteiger partial charge in [0.15, 0.2) is 0 Å². The molecule has 0 saturated carbocycles. The van der Waals surface area contributed by atoms with Gasteiger partial charge in [-0.05, 0) is 53.3 Å². The number of benzene rings is 2. The van der Waals surface area contributed by atoms with Crippen LogP contribution in [0.4, 0.5) is 5.69 Å². The van der Waals surface area contributed by atoms with Gasteiger partial charge in [-0.2, -0.15) is 4.31 Å². The number of piperazine rings is 1. The van der Waals surface area contributed by atoms with E-state index < -0.39 is 10.0 Å². The first-order valence-electron chi connectivity index (χ1n) is 9.28. The zero-order valence-corrected chi connectivity index (χ0v) is 18.5. The van der Waals surface area contributed by atoms with Crippen molar-refractivity contribution >= 4 is 44.2 Å². The van der Waals surface area contributed by atoms with Crippen LogP contribution < -0.4 is 10.2 Å². The summed E-state index contributed by atoms with van der Waals surface area (Å²) < 4.78 is 27.6. The number of para-hydroxylation sites is 1. The molecule has 8 heteroatoms. The van der Waals surface area contributed by atoms with Gasteiger partial charge in [-0.1, -0.05) is 30.3 Å². The Kier molecular flexibility index (Phi) is 7.30. The molecule has 0 aliphatic carbocycles. The van der Waals surface area contributed by atoms with Gasteiger partial charge in [-0.15, -0.1) is 0 Å². The predicted octanol–water partition coefficient (Wildman–Crippen LogP) is 2.56. The first-order chi connectivity index (χ1) is 13.5. The second kappa shape index (κ2) is 9.71. The number of hydrogen-bond donors (Lipinski definition) is 1. The van der Waals surface area contributed by atoms with E-state index in [0.717, 1.165) is 9.26 Å². The van der Waals surface area contributed by atoms with Crippen molar-refractivity contribution in [2.24, 2.45) is 0 Å². The van der Waals surface area contributed by atoms with E-state index in [1.165, 1.54) is 0 Å². The average molecular weight is 513 g/mol. The molecule has 0 unspecified atom stereocenters. The van der Waals surface area contributed by atoms with Crippen LogP contribution in [0.3, 0.4) is 0 Å². The summed E-state index contributed by atoms with van der Waals surface area (Å²) in [6, 6.07) is 17.4. The summed E-state index contributed by atoms with van der Waals surface area (Å²) >= 11 is 2.12. The Balaban J connectivity index is 1.43. The number of hydrogen-bond acceptors (Lipinski definition) is 4. The van der Waals surface area contributed by atoms with Crippen molar-refractivity contribution in [1.29, 1.82) is 0 Å². The van der Waals surface area contributed by atoms with Gasteiger partial charge in [0.2, 0.25) is 10.0 Å². The van der Waals surface area contributed by atoms with E-state index in [1.54, 1.807) is 10.4 Å². The number of rotatable bonds is 7. The van der Waals surface area contributed by atoms with E-state index >= 15 is 0 Å². The highest BCUT2D eigenvalue weighted by Crippen LogP contribution is 2.17. The number of nitrogens with one attached hydrogen (secondary N) is 1. The van der Waals surface area contributed by atoms with Gasteiger partial charge in [0, 0.05) is 42.0 Å². The van der Waals surface area contributed by atoms with Crippen molar-refractivity contribution in [3.63, 3.8) is 0 Å². The van der Waals surface area contributed by atoms with Crippen molar-refractivity contribution in [2.45, 2.75) is 6.42 Å². The average Bonchev–Trinajstić information content (AvgIpc) is 2.72. The highest BCUT2D eigenvalue weighted by atomic mass is 127. The Morgan fingerprint density at radius 3 is 2.29 bits per heavy atom. The number of carbonyl (C=O) groups excluding carboxylic acids is 1. The van der Waals surface area contributed by atoms with Gasteiger partial charge in [0.25, 0.3) is 5.91 Å². The molecule has 2 aromatic rings. The summed E-state index contributed by atoms with van der Waals surface area (Å²) in [5, 5.41) is 2.81. The number of halogens is 1. The van der Waals surface area contributed by atoms with Crippen molar-refractivity contribution in [2.75, 3.05) is 43.4 Å². The van der Waals surface area contributed by atoms with Gasteiger partial charge in [0.05, 0.1) is 11.3 Å². The minimum absolute atomic E-state index is 0.0461. The summed E-state index contributed by atoms with van der Waals surface area (Å²) in [5.41, 5.74) is 1.74. The Morgan fingerprint density at radius 2 is 1.61 bits per heavy atom. The van der Waals surface area contributed by atoms with Crippen LogP contribution in [0.5, 0.6) is 0 Å².